The van der Waals surface area contributed by atoms with E-state index in [4.69, 9.17) is 10.9 Å². The molecule has 36 heavy (non-hydrogen) atoms. The number of aromatic amines is 2. The molecule has 4 aromatic rings. The number of nitrogens with zero attached hydrogens (tertiary/aromatic N) is 4. The fourth-order valence-electron chi connectivity index (χ4n) is 4.16. The highest BCUT2D eigenvalue weighted by atomic mass is 32.2. The summed E-state index contributed by atoms with van der Waals surface area (Å²) >= 11 is 0. The van der Waals surface area contributed by atoms with E-state index in [1.807, 2.05) is 0 Å². The third-order valence-electron chi connectivity index (χ3n) is 5.71. The Morgan fingerprint density at radius 3 is 2.53 bits per heavy atom. The van der Waals surface area contributed by atoms with Gasteiger partial charge in [-0.15, -0.1) is 10.2 Å². The van der Waals surface area contributed by atoms with Crippen molar-refractivity contribution in [2.24, 2.45) is 5.14 Å². The topological polar surface area (TPSA) is 228 Å². The maximum absolute atomic E-state index is 13.3. The van der Waals surface area contributed by atoms with Gasteiger partial charge in [-0.1, -0.05) is 24.3 Å². The lowest BCUT2D eigenvalue weighted by Gasteiger charge is -2.18. The number of benzene rings is 2. The van der Waals surface area contributed by atoms with Crippen molar-refractivity contribution in [1.29, 1.82) is 0 Å². The molecule has 8 N–H and O–H groups in total. The quantitative estimate of drug-likeness (QED) is 0.184. The third-order valence-corrected chi connectivity index (χ3v) is 8.40. The molecule has 1 aliphatic rings. The average molecular weight is 531 g/mol. The molecule has 3 heterocycles. The second-order valence-electron chi connectivity index (χ2n) is 8.16. The monoisotopic (exact) mass is 530 g/mol. The van der Waals surface area contributed by atoms with E-state index >= 15 is 0 Å². The first-order valence-corrected chi connectivity index (χ1v) is 13.7. The van der Waals surface area contributed by atoms with Crippen LogP contribution in [0.3, 0.4) is 0 Å². The van der Waals surface area contributed by atoms with Crippen LogP contribution in [-0.4, -0.2) is 66.6 Å². The van der Waals surface area contributed by atoms with Gasteiger partial charge in [-0.05, 0) is 41.4 Å². The number of hydrogen-bond donors (Lipinski definition) is 6. The summed E-state index contributed by atoms with van der Waals surface area (Å²) in [7, 11) is -8.87. The fraction of sp³-hybridized carbons (Fsp3) is 0.200. The molecule has 0 spiro atoms. The summed E-state index contributed by atoms with van der Waals surface area (Å²) in [6, 6.07) is 9.31. The van der Waals surface area contributed by atoms with Crippen LogP contribution in [0.25, 0.3) is 33.8 Å². The molecule has 188 valence electrons. The molecule has 2 aromatic carbocycles. The van der Waals surface area contributed by atoms with Gasteiger partial charge in [0.1, 0.15) is 9.79 Å². The number of hydrogen-bond acceptors (Lipinski definition) is 10. The molecule has 0 amide bonds. The minimum absolute atomic E-state index is 0.0997. The lowest BCUT2D eigenvalue weighted by molar-refractivity contribution is 0.555. The third kappa shape index (κ3) is 4.59. The van der Waals surface area contributed by atoms with E-state index in [2.05, 4.69) is 40.6 Å². The number of nitrogens with two attached hydrogens (primary N) is 2. The van der Waals surface area contributed by atoms with Crippen LogP contribution in [0, 0.1) is 0 Å². The van der Waals surface area contributed by atoms with Gasteiger partial charge in [-0.2, -0.15) is 5.21 Å². The molecular weight excluding hydrogens is 508 g/mol. The molecule has 14 nitrogen and oxygen atoms in total. The molecule has 16 heteroatoms. The molecule has 0 radical (unpaired) electrons. The number of H-pyrrole nitrogens is 2. The van der Waals surface area contributed by atoms with Crippen LogP contribution in [0.15, 0.2) is 52.4 Å². The highest BCUT2D eigenvalue weighted by Crippen LogP contribution is 2.39. The number of anilines is 1. The van der Waals surface area contributed by atoms with Crippen molar-refractivity contribution in [3.8, 4) is 33.8 Å². The van der Waals surface area contributed by atoms with Crippen LogP contribution in [0.2, 0.25) is 0 Å². The Morgan fingerprint density at radius 1 is 1.08 bits per heavy atom. The van der Waals surface area contributed by atoms with Crippen LogP contribution in [0.4, 0.5) is 5.95 Å². The average Bonchev–Trinajstić information content (AvgIpc) is 3.61. The minimum Gasteiger partial charge on any atom is -0.369 e. The Bertz CT molecular complexity index is 1630. The summed E-state index contributed by atoms with van der Waals surface area (Å²) in [5, 5.41) is 22.3. The van der Waals surface area contributed by atoms with Crippen LogP contribution in [-0.2, 0) is 20.0 Å². The van der Waals surface area contributed by atoms with Crippen LogP contribution in [0.5, 0.6) is 0 Å². The van der Waals surface area contributed by atoms with Crippen LogP contribution < -0.4 is 20.9 Å². The Hall–Kier alpha value is -3.70. The lowest BCUT2D eigenvalue weighted by Crippen LogP contribution is -2.37. The molecule has 0 unspecified atom stereocenters. The van der Waals surface area contributed by atoms with Gasteiger partial charge in [-0.3, -0.25) is 0 Å². The summed E-state index contributed by atoms with van der Waals surface area (Å²) in [4.78, 5) is 5.88. The van der Waals surface area contributed by atoms with E-state index in [1.165, 1.54) is 12.1 Å². The zero-order valence-electron chi connectivity index (χ0n) is 18.6. The molecule has 0 bridgehead atoms. The molecule has 1 fully saturated rings. The van der Waals surface area contributed by atoms with Crippen molar-refractivity contribution >= 4 is 26.0 Å². The van der Waals surface area contributed by atoms with E-state index < -0.39 is 35.9 Å². The smallest absolute Gasteiger partial charge is 0.242 e. The molecule has 0 saturated carbocycles. The second-order valence-corrected chi connectivity index (χ2v) is 11.3. The van der Waals surface area contributed by atoms with Gasteiger partial charge in [0.05, 0.1) is 11.3 Å². The summed E-state index contributed by atoms with van der Waals surface area (Å²) in [5.74, 6) is 0.0990. The van der Waals surface area contributed by atoms with Gasteiger partial charge in [-0.25, -0.2) is 31.7 Å². The van der Waals surface area contributed by atoms with Crippen LogP contribution >= 0.6 is 0 Å². The van der Waals surface area contributed by atoms with Crippen molar-refractivity contribution in [3.05, 3.63) is 42.6 Å². The van der Waals surface area contributed by atoms with E-state index in [9.17, 15) is 16.8 Å². The van der Waals surface area contributed by atoms with Gasteiger partial charge >= 0.3 is 0 Å². The van der Waals surface area contributed by atoms with E-state index in [0.717, 1.165) is 0 Å². The predicted octanol–water partition coefficient (Wildman–Crippen LogP) is -0.206. The van der Waals surface area contributed by atoms with Gasteiger partial charge < -0.3 is 16.0 Å². The van der Waals surface area contributed by atoms with Crippen molar-refractivity contribution in [1.82, 2.24) is 40.6 Å². The Kier molecular flexibility index (Phi) is 6.05. The fourth-order valence-corrected chi connectivity index (χ4v) is 7.03. The molecular formula is C20H22N10O4S2. The second kappa shape index (κ2) is 9.07. The Morgan fingerprint density at radius 2 is 1.89 bits per heavy atom. The summed E-state index contributed by atoms with van der Waals surface area (Å²) in [6.07, 6.45) is 2.19. The molecule has 1 atom stereocenters. The number of nitrogens with one attached hydrogen (secondary N) is 4. The van der Waals surface area contributed by atoms with E-state index in [1.54, 1.807) is 30.5 Å². The van der Waals surface area contributed by atoms with Crippen molar-refractivity contribution in [2.75, 3.05) is 18.8 Å². The van der Waals surface area contributed by atoms with Crippen molar-refractivity contribution < 1.29 is 16.8 Å². The number of primary sulfonamides is 1. The number of tetrazole rings is 1. The maximum Gasteiger partial charge on any atom is 0.242 e. The normalized spacial score (nSPS) is 16.4. The number of aromatic nitrogens is 6. The largest absolute Gasteiger partial charge is 0.369 e. The first-order valence-electron chi connectivity index (χ1n) is 10.7. The summed E-state index contributed by atoms with van der Waals surface area (Å²) < 4.78 is 55.0. The van der Waals surface area contributed by atoms with Gasteiger partial charge in [0.15, 0.2) is 5.95 Å². The predicted molar refractivity (Wildman–Crippen MR) is 130 cm³/mol. The Labute approximate surface area is 206 Å². The molecule has 1 saturated heterocycles. The van der Waals surface area contributed by atoms with Gasteiger partial charge in [0, 0.05) is 24.3 Å². The highest BCUT2D eigenvalue weighted by Gasteiger charge is 2.33. The maximum atomic E-state index is 13.3. The molecule has 1 aliphatic heterocycles. The van der Waals surface area contributed by atoms with Crippen LogP contribution in [0.1, 0.15) is 6.42 Å². The number of rotatable bonds is 7. The Balaban J connectivity index is 1.74. The van der Waals surface area contributed by atoms with Crippen molar-refractivity contribution in [3.63, 3.8) is 0 Å². The standard InChI is InChI=1S/C20H22N10O4S2/c21-20-24-10-15(25-20)12-3-1-2-11(8-12)14-4-5-16(36(33,34)28-13-6-7-23-9-13)18(35(22,31)32)17(14)19-26-29-30-27-19/h1-5,8,10,13,23,28H,6-7,9H2,(H3,21,24,25)(H2,22,31,32)(H,26,27,29,30)/t13-/m0/s1. The zero-order valence-corrected chi connectivity index (χ0v) is 20.3. The number of imidazole rings is 1. The van der Waals surface area contributed by atoms with Gasteiger partial charge in [0.25, 0.3) is 0 Å². The lowest BCUT2D eigenvalue weighted by atomic mass is 9.97. The van der Waals surface area contributed by atoms with E-state index in [-0.39, 0.29) is 17.3 Å². The van der Waals surface area contributed by atoms with E-state index in [0.29, 0.717) is 41.9 Å². The van der Waals surface area contributed by atoms with Gasteiger partial charge in [0.2, 0.25) is 25.9 Å². The number of sulfonamides is 2. The van der Waals surface area contributed by atoms with Crippen molar-refractivity contribution in [2.45, 2.75) is 22.3 Å². The first kappa shape index (κ1) is 24.0. The summed E-state index contributed by atoms with van der Waals surface area (Å²) in [6.45, 7) is 1.06. The molecule has 0 aliphatic carbocycles. The highest BCUT2D eigenvalue weighted by molar-refractivity contribution is 7.92. The molecule has 5 rings (SSSR count). The first-order chi connectivity index (χ1) is 17.1. The number of nitrogen functional groups attached to an aromatic ring is 1. The zero-order chi connectivity index (χ0) is 25.5. The minimum atomic E-state index is -4.59. The SMILES string of the molecule is Nc1nc(-c2cccc(-c3ccc(S(=O)(=O)N[C@H]4CCNC4)c(S(N)(=O)=O)c3-c3nn[nH]n3)c2)c[nH]1. The summed E-state index contributed by atoms with van der Waals surface area (Å²) in [5.41, 5.74) is 7.71. The molecule has 2 aromatic heterocycles.